The van der Waals surface area contributed by atoms with Gasteiger partial charge in [-0.15, -0.1) is 0 Å². The SMILES string of the molecule is COC1(c2ncc(CN)c(C(C)C)n2)CCCC1. The van der Waals surface area contributed by atoms with E-state index in [1.807, 2.05) is 6.20 Å². The largest absolute Gasteiger partial charge is 0.370 e. The van der Waals surface area contributed by atoms with Gasteiger partial charge in [0.15, 0.2) is 5.82 Å². The van der Waals surface area contributed by atoms with Gasteiger partial charge in [-0.05, 0) is 31.6 Å². The highest BCUT2D eigenvalue weighted by atomic mass is 16.5. The summed E-state index contributed by atoms with van der Waals surface area (Å²) in [6.07, 6.45) is 6.28. The third-order valence-electron chi connectivity index (χ3n) is 3.87. The molecule has 0 aliphatic heterocycles. The molecular formula is C14H23N3O. The standard InChI is InChI=1S/C14H23N3O/c1-10(2)12-11(8-15)9-16-13(17-12)14(18-3)6-4-5-7-14/h9-10H,4-8,15H2,1-3H3. The Morgan fingerprint density at radius 1 is 1.39 bits per heavy atom. The molecule has 1 heterocycles. The molecule has 0 unspecified atom stereocenters. The summed E-state index contributed by atoms with van der Waals surface area (Å²) in [5.74, 6) is 1.20. The van der Waals surface area contributed by atoms with Crippen LogP contribution in [0.3, 0.4) is 0 Å². The van der Waals surface area contributed by atoms with Gasteiger partial charge >= 0.3 is 0 Å². The summed E-state index contributed by atoms with van der Waals surface area (Å²) in [4.78, 5) is 9.25. The summed E-state index contributed by atoms with van der Waals surface area (Å²) in [5, 5.41) is 0. The van der Waals surface area contributed by atoms with Crippen molar-refractivity contribution in [3.05, 3.63) is 23.3 Å². The van der Waals surface area contributed by atoms with Crippen LogP contribution in [-0.2, 0) is 16.9 Å². The molecule has 0 atom stereocenters. The Morgan fingerprint density at radius 2 is 2.06 bits per heavy atom. The van der Waals surface area contributed by atoms with Crippen LogP contribution in [-0.4, -0.2) is 17.1 Å². The summed E-state index contributed by atoms with van der Waals surface area (Å²) in [6, 6.07) is 0. The van der Waals surface area contributed by atoms with E-state index in [1.165, 1.54) is 12.8 Å². The zero-order valence-corrected chi connectivity index (χ0v) is 11.6. The van der Waals surface area contributed by atoms with Gasteiger partial charge in [0.1, 0.15) is 5.60 Å². The minimum atomic E-state index is -0.267. The molecule has 100 valence electrons. The Bertz CT molecular complexity index is 412. The topological polar surface area (TPSA) is 61.0 Å². The van der Waals surface area contributed by atoms with Crippen LogP contribution in [0.4, 0.5) is 0 Å². The first-order valence-corrected chi connectivity index (χ1v) is 6.74. The van der Waals surface area contributed by atoms with Crippen LogP contribution < -0.4 is 5.73 Å². The molecule has 1 aromatic heterocycles. The normalized spacial score (nSPS) is 18.5. The lowest BCUT2D eigenvalue weighted by atomic mass is 9.99. The maximum absolute atomic E-state index is 5.75. The molecule has 2 rings (SSSR count). The summed E-state index contributed by atoms with van der Waals surface area (Å²) < 4.78 is 5.74. The second-order valence-electron chi connectivity index (χ2n) is 5.37. The Labute approximate surface area is 109 Å². The molecule has 0 bridgehead atoms. The minimum Gasteiger partial charge on any atom is -0.370 e. The van der Waals surface area contributed by atoms with Crippen molar-refractivity contribution in [2.75, 3.05) is 7.11 Å². The lowest BCUT2D eigenvalue weighted by Crippen LogP contribution is -2.28. The second-order valence-corrected chi connectivity index (χ2v) is 5.37. The molecule has 1 aliphatic rings. The molecule has 1 aliphatic carbocycles. The van der Waals surface area contributed by atoms with Gasteiger partial charge < -0.3 is 10.5 Å². The van der Waals surface area contributed by atoms with Crippen molar-refractivity contribution in [3.63, 3.8) is 0 Å². The fraction of sp³-hybridized carbons (Fsp3) is 0.714. The van der Waals surface area contributed by atoms with E-state index in [4.69, 9.17) is 15.5 Å². The van der Waals surface area contributed by atoms with Crippen molar-refractivity contribution in [3.8, 4) is 0 Å². The molecule has 4 nitrogen and oxygen atoms in total. The average Bonchev–Trinajstić information content (AvgIpc) is 2.87. The Hall–Kier alpha value is -1.00. The Morgan fingerprint density at radius 3 is 2.56 bits per heavy atom. The number of rotatable bonds is 4. The third-order valence-corrected chi connectivity index (χ3v) is 3.87. The maximum Gasteiger partial charge on any atom is 0.160 e. The van der Waals surface area contributed by atoms with Crippen LogP contribution >= 0.6 is 0 Å². The molecule has 18 heavy (non-hydrogen) atoms. The third kappa shape index (κ3) is 2.27. The molecular weight excluding hydrogens is 226 g/mol. The highest BCUT2D eigenvalue weighted by molar-refractivity contribution is 5.22. The van der Waals surface area contributed by atoms with Crippen LogP contribution in [0.1, 0.15) is 62.5 Å². The maximum atomic E-state index is 5.75. The summed E-state index contributed by atoms with van der Waals surface area (Å²) >= 11 is 0. The predicted molar refractivity (Wildman–Crippen MR) is 71.2 cm³/mol. The minimum absolute atomic E-state index is 0.267. The zero-order valence-electron chi connectivity index (χ0n) is 11.6. The first-order valence-electron chi connectivity index (χ1n) is 6.74. The van der Waals surface area contributed by atoms with Gasteiger partial charge in [-0.25, -0.2) is 9.97 Å². The molecule has 1 fully saturated rings. The molecule has 0 aromatic carbocycles. The summed E-state index contributed by atoms with van der Waals surface area (Å²) in [5.41, 5.74) is 7.58. The van der Waals surface area contributed by atoms with Crippen molar-refractivity contribution < 1.29 is 4.74 Å². The van der Waals surface area contributed by atoms with Gasteiger partial charge in [-0.2, -0.15) is 0 Å². The van der Waals surface area contributed by atoms with Gasteiger partial charge in [0.25, 0.3) is 0 Å². The number of methoxy groups -OCH3 is 1. The van der Waals surface area contributed by atoms with Crippen molar-refractivity contribution in [1.82, 2.24) is 9.97 Å². The summed E-state index contributed by atoms with van der Waals surface area (Å²) in [6.45, 7) is 4.77. The van der Waals surface area contributed by atoms with E-state index in [0.29, 0.717) is 12.5 Å². The van der Waals surface area contributed by atoms with E-state index in [0.717, 1.165) is 29.9 Å². The van der Waals surface area contributed by atoms with E-state index < -0.39 is 0 Å². The zero-order chi connectivity index (χ0) is 13.2. The molecule has 0 radical (unpaired) electrons. The van der Waals surface area contributed by atoms with Crippen molar-refractivity contribution in [1.29, 1.82) is 0 Å². The summed E-state index contributed by atoms with van der Waals surface area (Å²) in [7, 11) is 1.76. The van der Waals surface area contributed by atoms with Crippen LogP contribution in [0.15, 0.2) is 6.20 Å². The number of hydrogen-bond acceptors (Lipinski definition) is 4. The molecule has 1 saturated carbocycles. The van der Waals surface area contributed by atoms with Gasteiger partial charge in [0, 0.05) is 25.4 Å². The van der Waals surface area contributed by atoms with Crippen LogP contribution in [0.2, 0.25) is 0 Å². The second kappa shape index (κ2) is 5.33. The first-order chi connectivity index (χ1) is 8.63. The average molecular weight is 249 g/mol. The highest BCUT2D eigenvalue weighted by Gasteiger charge is 2.38. The van der Waals surface area contributed by atoms with Gasteiger partial charge in [0.05, 0.1) is 5.69 Å². The first kappa shape index (κ1) is 13.4. The van der Waals surface area contributed by atoms with E-state index in [1.54, 1.807) is 7.11 Å². The van der Waals surface area contributed by atoms with Gasteiger partial charge in [0.2, 0.25) is 0 Å². The molecule has 4 heteroatoms. The number of ether oxygens (including phenoxy) is 1. The molecule has 2 N–H and O–H groups in total. The van der Waals surface area contributed by atoms with Gasteiger partial charge in [-0.1, -0.05) is 13.8 Å². The molecule has 0 saturated heterocycles. The molecule has 1 aromatic rings. The quantitative estimate of drug-likeness (QED) is 0.890. The van der Waals surface area contributed by atoms with E-state index in [2.05, 4.69) is 18.8 Å². The van der Waals surface area contributed by atoms with Crippen LogP contribution in [0.25, 0.3) is 0 Å². The van der Waals surface area contributed by atoms with Gasteiger partial charge in [-0.3, -0.25) is 0 Å². The molecule has 0 amide bonds. The van der Waals surface area contributed by atoms with E-state index in [9.17, 15) is 0 Å². The number of nitrogens with two attached hydrogens (primary N) is 1. The van der Waals surface area contributed by atoms with Crippen molar-refractivity contribution in [2.45, 2.75) is 57.6 Å². The number of hydrogen-bond donors (Lipinski definition) is 1. The smallest absolute Gasteiger partial charge is 0.160 e. The van der Waals surface area contributed by atoms with Crippen LogP contribution in [0, 0.1) is 0 Å². The monoisotopic (exact) mass is 249 g/mol. The van der Waals surface area contributed by atoms with Crippen LogP contribution in [0.5, 0.6) is 0 Å². The fourth-order valence-electron chi connectivity index (χ4n) is 2.76. The van der Waals surface area contributed by atoms with Crippen molar-refractivity contribution >= 4 is 0 Å². The Kier molecular flexibility index (Phi) is 3.97. The number of nitrogens with zero attached hydrogens (tertiary/aromatic N) is 2. The van der Waals surface area contributed by atoms with E-state index in [-0.39, 0.29) is 5.60 Å². The Balaban J connectivity index is 2.42. The number of aromatic nitrogens is 2. The molecule has 0 spiro atoms. The highest BCUT2D eigenvalue weighted by Crippen LogP contribution is 2.40. The fourth-order valence-corrected chi connectivity index (χ4v) is 2.76. The van der Waals surface area contributed by atoms with E-state index >= 15 is 0 Å². The van der Waals surface area contributed by atoms with Crippen molar-refractivity contribution in [2.24, 2.45) is 5.73 Å². The lowest BCUT2D eigenvalue weighted by Gasteiger charge is -2.26. The predicted octanol–water partition coefficient (Wildman–Crippen LogP) is 2.47. The lowest BCUT2D eigenvalue weighted by molar-refractivity contribution is -0.0165.